The van der Waals surface area contributed by atoms with E-state index in [1.807, 2.05) is 30.3 Å². The van der Waals surface area contributed by atoms with E-state index >= 15 is 0 Å². The molecule has 1 aromatic carbocycles. The quantitative estimate of drug-likeness (QED) is 0.341. The van der Waals surface area contributed by atoms with Gasteiger partial charge in [-0.25, -0.2) is 0 Å². The van der Waals surface area contributed by atoms with Gasteiger partial charge in [0.1, 0.15) is 24.4 Å². The van der Waals surface area contributed by atoms with Gasteiger partial charge in [-0.2, -0.15) is 0 Å². The summed E-state index contributed by atoms with van der Waals surface area (Å²) in [5, 5.41) is 52.8. The molecule has 196 valence electrons. The van der Waals surface area contributed by atoms with Crippen molar-refractivity contribution in [2.45, 2.75) is 61.6 Å². The number of amides is 1. The van der Waals surface area contributed by atoms with E-state index in [9.17, 15) is 30.3 Å². The van der Waals surface area contributed by atoms with Crippen molar-refractivity contribution in [2.24, 2.45) is 5.92 Å². The zero-order chi connectivity index (χ0) is 26.1. The van der Waals surface area contributed by atoms with Gasteiger partial charge in [-0.15, -0.1) is 0 Å². The third-order valence-corrected chi connectivity index (χ3v) is 7.90. The van der Waals surface area contributed by atoms with Gasteiger partial charge >= 0.3 is 0 Å². The molecule has 2 aromatic rings. The maximum Gasteiger partial charge on any atom is 0.254 e. The Labute approximate surface area is 211 Å². The normalized spacial score (nSPS) is 38.9. The largest absolute Gasteiger partial charge is 0.468 e. The average molecular weight is 513 g/mol. The predicted octanol–water partition coefficient (Wildman–Crippen LogP) is -0.388. The minimum absolute atomic E-state index is 0.254. The first-order valence-corrected chi connectivity index (χ1v) is 12.1. The summed E-state index contributed by atoms with van der Waals surface area (Å²) in [5.74, 6) is -1.07. The highest BCUT2D eigenvalue weighted by atomic mass is 16.8. The molecule has 5 N–H and O–H groups in total. The maximum atomic E-state index is 13.5. The molecule has 4 aliphatic heterocycles. The Morgan fingerprint density at radius 2 is 2.00 bits per heavy atom. The first kappa shape index (κ1) is 24.4. The Morgan fingerprint density at radius 1 is 1.22 bits per heavy atom. The highest BCUT2D eigenvalue weighted by molar-refractivity contribution is 5.96. The van der Waals surface area contributed by atoms with E-state index in [4.69, 9.17) is 19.2 Å². The molecule has 5 heterocycles. The van der Waals surface area contributed by atoms with E-state index in [-0.39, 0.29) is 17.5 Å². The SMILES string of the molecule is C=C[C@@]1(O)[C@H](O[C@@H]2O[C@H](CO)[C@@H](O)[C@H](O)[C@H]2O)OC=C2C(=O)N3Cc4cc5ccccc5nc4[C@H]3C[C@H]21. The van der Waals surface area contributed by atoms with Gasteiger partial charge in [0, 0.05) is 17.8 Å². The number of fused-ring (bicyclic) bond motifs is 5. The number of piperidine rings is 1. The molecule has 0 unspecified atom stereocenters. The molecule has 9 atom stereocenters. The number of carbonyl (C=O) groups excluding carboxylic acids is 1. The monoisotopic (exact) mass is 512 g/mol. The number of aliphatic hydroxyl groups is 5. The number of aliphatic hydroxyl groups excluding tert-OH is 4. The van der Waals surface area contributed by atoms with Crippen molar-refractivity contribution in [3.05, 3.63) is 66.1 Å². The zero-order valence-corrected chi connectivity index (χ0v) is 19.8. The Hall–Kier alpha value is -2.90. The fraction of sp³-hybridized carbons (Fsp3) is 0.462. The van der Waals surface area contributed by atoms with Gasteiger partial charge in [-0.1, -0.05) is 30.9 Å². The molecule has 6 rings (SSSR count). The smallest absolute Gasteiger partial charge is 0.254 e. The average Bonchev–Trinajstić information content (AvgIpc) is 3.27. The van der Waals surface area contributed by atoms with Crippen molar-refractivity contribution in [3.63, 3.8) is 0 Å². The number of hydrogen-bond donors (Lipinski definition) is 5. The summed E-state index contributed by atoms with van der Waals surface area (Å²) in [5.41, 5.74) is 0.866. The van der Waals surface area contributed by atoms with Gasteiger partial charge in [0.05, 0.1) is 35.7 Å². The number of para-hydroxylation sites is 1. The second-order valence-electron chi connectivity index (χ2n) is 9.93. The summed E-state index contributed by atoms with van der Waals surface area (Å²) in [6.45, 7) is 3.50. The Bertz CT molecular complexity index is 1280. The lowest BCUT2D eigenvalue weighted by atomic mass is 9.73. The third-order valence-electron chi connectivity index (χ3n) is 7.90. The number of rotatable bonds is 4. The first-order valence-electron chi connectivity index (χ1n) is 12.1. The molecular formula is C26H28N2O9. The van der Waals surface area contributed by atoms with Crippen LogP contribution in [-0.4, -0.2) is 90.5 Å². The molecule has 2 saturated heterocycles. The zero-order valence-electron chi connectivity index (χ0n) is 19.8. The van der Waals surface area contributed by atoms with Crippen molar-refractivity contribution >= 4 is 16.8 Å². The third kappa shape index (κ3) is 3.62. The standard InChI is InChI=1S/C26H28N2O9/c1-2-26(34)15-8-17-19-13(7-12-5-3-4-6-16(12)27-19)9-28(17)23(33)14(15)11-35-25(26)37-24-22(32)21(31)20(30)18(10-29)36-24/h2-7,11,15,17-18,20-22,24-25,29-32,34H,1,8-10H2/t15-,17-,18-,20-,21+,22-,24+,25+,26+/m1/s1. The molecule has 1 aromatic heterocycles. The van der Waals surface area contributed by atoms with Gasteiger partial charge in [0.25, 0.3) is 5.91 Å². The highest BCUT2D eigenvalue weighted by Gasteiger charge is 2.57. The number of carbonyl (C=O) groups is 1. The molecule has 11 heteroatoms. The summed E-state index contributed by atoms with van der Waals surface area (Å²) in [4.78, 5) is 20.1. The first-order chi connectivity index (χ1) is 17.8. The number of hydrogen-bond acceptors (Lipinski definition) is 10. The van der Waals surface area contributed by atoms with Crippen LogP contribution in [0.15, 0.2) is 54.8 Å². The van der Waals surface area contributed by atoms with Crippen LogP contribution >= 0.6 is 0 Å². The van der Waals surface area contributed by atoms with Crippen LogP contribution in [-0.2, 0) is 25.5 Å². The summed E-state index contributed by atoms with van der Waals surface area (Å²) in [7, 11) is 0. The van der Waals surface area contributed by atoms with Gasteiger partial charge in [-0.3, -0.25) is 9.78 Å². The fourth-order valence-electron chi connectivity index (χ4n) is 5.81. The van der Waals surface area contributed by atoms with Crippen LogP contribution in [0.5, 0.6) is 0 Å². The molecule has 0 saturated carbocycles. The molecular weight excluding hydrogens is 484 g/mol. The lowest BCUT2D eigenvalue weighted by molar-refractivity contribution is -0.354. The van der Waals surface area contributed by atoms with E-state index in [1.165, 1.54) is 12.3 Å². The fourth-order valence-corrected chi connectivity index (χ4v) is 5.81. The van der Waals surface area contributed by atoms with Crippen LogP contribution < -0.4 is 0 Å². The topological polar surface area (TPSA) is 162 Å². The van der Waals surface area contributed by atoms with E-state index in [2.05, 4.69) is 6.58 Å². The van der Waals surface area contributed by atoms with Crippen molar-refractivity contribution < 1.29 is 44.5 Å². The van der Waals surface area contributed by atoms with Gasteiger partial charge < -0.3 is 44.6 Å². The Morgan fingerprint density at radius 3 is 2.76 bits per heavy atom. The molecule has 0 spiro atoms. The molecule has 11 nitrogen and oxygen atoms in total. The van der Waals surface area contributed by atoms with Crippen LogP contribution in [0.3, 0.4) is 0 Å². The number of nitrogens with zero attached hydrogens (tertiary/aromatic N) is 2. The van der Waals surface area contributed by atoms with Crippen molar-refractivity contribution in [3.8, 4) is 0 Å². The van der Waals surface area contributed by atoms with Crippen LogP contribution in [0.4, 0.5) is 0 Å². The molecule has 0 aliphatic carbocycles. The van der Waals surface area contributed by atoms with Crippen LogP contribution in [0.1, 0.15) is 23.7 Å². The maximum absolute atomic E-state index is 13.5. The second kappa shape index (κ2) is 8.84. The minimum Gasteiger partial charge on any atom is -0.468 e. The van der Waals surface area contributed by atoms with Gasteiger partial charge in [-0.05, 0) is 24.1 Å². The van der Waals surface area contributed by atoms with Gasteiger partial charge in [0.2, 0.25) is 6.29 Å². The molecule has 2 fully saturated rings. The number of aromatic nitrogens is 1. The van der Waals surface area contributed by atoms with Crippen LogP contribution in [0.2, 0.25) is 0 Å². The molecule has 1 amide bonds. The van der Waals surface area contributed by atoms with Crippen molar-refractivity contribution in [1.82, 2.24) is 9.88 Å². The summed E-state index contributed by atoms with van der Waals surface area (Å²) >= 11 is 0. The lowest BCUT2D eigenvalue weighted by Crippen LogP contribution is -2.63. The van der Waals surface area contributed by atoms with Crippen molar-refractivity contribution in [1.29, 1.82) is 0 Å². The summed E-state index contributed by atoms with van der Waals surface area (Å²) in [6.07, 6.45) is -6.35. The van der Waals surface area contributed by atoms with E-state index < -0.39 is 55.1 Å². The second-order valence-corrected chi connectivity index (χ2v) is 9.93. The minimum atomic E-state index is -1.91. The van der Waals surface area contributed by atoms with Crippen molar-refractivity contribution in [2.75, 3.05) is 6.61 Å². The van der Waals surface area contributed by atoms with E-state index in [0.717, 1.165) is 22.2 Å². The van der Waals surface area contributed by atoms with E-state index in [0.29, 0.717) is 13.0 Å². The van der Waals surface area contributed by atoms with Crippen LogP contribution in [0.25, 0.3) is 10.9 Å². The van der Waals surface area contributed by atoms with Crippen LogP contribution in [0, 0.1) is 5.92 Å². The molecule has 0 radical (unpaired) electrons. The molecule has 0 bridgehead atoms. The molecule has 4 aliphatic rings. The predicted molar refractivity (Wildman–Crippen MR) is 126 cm³/mol. The number of benzene rings is 1. The highest BCUT2D eigenvalue weighted by Crippen LogP contribution is 2.50. The lowest BCUT2D eigenvalue weighted by Gasteiger charge is -2.49. The number of ether oxygens (including phenoxy) is 3. The summed E-state index contributed by atoms with van der Waals surface area (Å²) < 4.78 is 16.8. The number of pyridine rings is 1. The Balaban J connectivity index is 1.31. The molecule has 37 heavy (non-hydrogen) atoms. The Kier molecular flexibility index (Phi) is 5.84. The summed E-state index contributed by atoms with van der Waals surface area (Å²) in [6, 6.07) is 9.36. The van der Waals surface area contributed by atoms with Gasteiger partial charge in [0.15, 0.2) is 11.9 Å². The van der Waals surface area contributed by atoms with E-state index in [1.54, 1.807) is 4.90 Å².